The van der Waals surface area contributed by atoms with Crippen LogP contribution in [0.3, 0.4) is 0 Å². The molecule has 2 aromatic heterocycles. The van der Waals surface area contributed by atoms with E-state index in [4.69, 9.17) is 11.6 Å². The molecular weight excluding hydrogens is 260 g/mol. The quantitative estimate of drug-likeness (QED) is 0.914. The number of aromatic nitrogens is 3. The highest BCUT2D eigenvalue weighted by Crippen LogP contribution is 2.15. The lowest BCUT2D eigenvalue weighted by Crippen LogP contribution is -2.19. The smallest absolute Gasteiger partial charge is 0.153 e. The lowest BCUT2D eigenvalue weighted by molar-refractivity contribution is 0.547. The monoisotopic (exact) mass is 278 g/mol. The average Bonchev–Trinajstić information content (AvgIpc) is 2.70. The molecule has 0 aliphatic carbocycles. The van der Waals surface area contributed by atoms with E-state index in [1.807, 2.05) is 25.1 Å². The van der Waals surface area contributed by atoms with Crippen molar-refractivity contribution in [3.8, 4) is 5.82 Å². The molecule has 0 fully saturated rings. The maximum atomic E-state index is 6.01. The van der Waals surface area contributed by atoms with E-state index < -0.39 is 0 Å². The first-order valence-corrected chi connectivity index (χ1v) is 6.83. The second kappa shape index (κ2) is 6.17. The summed E-state index contributed by atoms with van der Waals surface area (Å²) in [6, 6.07) is 5.92. The van der Waals surface area contributed by atoms with Crippen LogP contribution in [0.1, 0.15) is 25.2 Å². The number of nitrogens with one attached hydrogen (secondary N) is 1. The maximum Gasteiger partial charge on any atom is 0.153 e. The molecule has 0 aliphatic heterocycles. The molecular formula is C14H19ClN4. The highest BCUT2D eigenvalue weighted by Gasteiger charge is 2.05. The maximum absolute atomic E-state index is 6.01. The van der Waals surface area contributed by atoms with E-state index in [1.165, 1.54) is 0 Å². The van der Waals surface area contributed by atoms with Gasteiger partial charge in [0, 0.05) is 6.54 Å². The number of hydrogen-bond acceptors (Lipinski definition) is 3. The molecule has 5 heteroatoms. The van der Waals surface area contributed by atoms with Crippen LogP contribution in [0.2, 0.25) is 5.02 Å². The van der Waals surface area contributed by atoms with Crippen LogP contribution in [0.15, 0.2) is 24.4 Å². The topological polar surface area (TPSA) is 42.7 Å². The molecule has 0 radical (unpaired) electrons. The van der Waals surface area contributed by atoms with Crippen LogP contribution in [0.4, 0.5) is 0 Å². The van der Waals surface area contributed by atoms with Gasteiger partial charge in [-0.3, -0.25) is 0 Å². The molecule has 0 bridgehead atoms. The van der Waals surface area contributed by atoms with Gasteiger partial charge in [0.1, 0.15) is 0 Å². The summed E-state index contributed by atoms with van der Waals surface area (Å²) in [5, 5.41) is 8.37. The molecule has 102 valence electrons. The van der Waals surface area contributed by atoms with Crippen molar-refractivity contribution >= 4 is 11.6 Å². The fourth-order valence-electron chi connectivity index (χ4n) is 1.74. The summed E-state index contributed by atoms with van der Waals surface area (Å²) < 4.78 is 1.71. The average molecular weight is 279 g/mol. The summed E-state index contributed by atoms with van der Waals surface area (Å²) in [6.07, 6.45) is 1.78. The molecule has 0 amide bonds. The Kier molecular flexibility index (Phi) is 4.56. The minimum absolute atomic E-state index is 0.635. The number of aryl methyl sites for hydroxylation is 1. The third-order valence-corrected chi connectivity index (χ3v) is 3.10. The van der Waals surface area contributed by atoms with Crippen molar-refractivity contribution in [3.05, 3.63) is 40.8 Å². The minimum atomic E-state index is 0.635. The predicted molar refractivity (Wildman–Crippen MR) is 77.7 cm³/mol. The second-order valence-electron chi connectivity index (χ2n) is 5.02. The number of pyridine rings is 1. The van der Waals surface area contributed by atoms with Crippen LogP contribution in [-0.4, -0.2) is 21.3 Å². The van der Waals surface area contributed by atoms with Gasteiger partial charge in [0.15, 0.2) is 5.82 Å². The van der Waals surface area contributed by atoms with Crippen LogP contribution < -0.4 is 5.32 Å². The Morgan fingerprint density at radius 2 is 2.16 bits per heavy atom. The molecule has 19 heavy (non-hydrogen) atoms. The third-order valence-electron chi connectivity index (χ3n) is 2.72. The van der Waals surface area contributed by atoms with E-state index in [2.05, 4.69) is 29.2 Å². The highest BCUT2D eigenvalue weighted by atomic mass is 35.5. The summed E-state index contributed by atoms with van der Waals surface area (Å²) >= 11 is 6.01. The lowest BCUT2D eigenvalue weighted by atomic mass is 10.2. The summed E-state index contributed by atoms with van der Waals surface area (Å²) in [4.78, 5) is 4.57. The number of nitrogens with zero attached hydrogens (tertiary/aromatic N) is 3. The van der Waals surface area contributed by atoms with Gasteiger partial charge in [-0.25, -0.2) is 9.67 Å². The van der Waals surface area contributed by atoms with Gasteiger partial charge in [-0.2, -0.15) is 5.10 Å². The Hall–Kier alpha value is -1.39. The number of hydrogen-bond donors (Lipinski definition) is 1. The predicted octanol–water partition coefficient (Wildman–Crippen LogP) is 2.97. The first-order valence-electron chi connectivity index (χ1n) is 6.45. The van der Waals surface area contributed by atoms with Crippen molar-refractivity contribution in [1.29, 1.82) is 0 Å². The largest absolute Gasteiger partial charge is 0.311 e. The van der Waals surface area contributed by atoms with Gasteiger partial charge < -0.3 is 5.32 Å². The molecule has 0 spiro atoms. The van der Waals surface area contributed by atoms with Crippen molar-refractivity contribution in [1.82, 2.24) is 20.1 Å². The molecule has 0 saturated carbocycles. The Balaban J connectivity index is 2.10. The van der Waals surface area contributed by atoms with E-state index in [9.17, 15) is 0 Å². The summed E-state index contributed by atoms with van der Waals surface area (Å²) in [5.41, 5.74) is 1.81. The van der Waals surface area contributed by atoms with Gasteiger partial charge in [-0.15, -0.1) is 0 Å². The molecule has 2 aromatic rings. The Labute approximate surface area is 118 Å². The van der Waals surface area contributed by atoms with Gasteiger partial charge in [-0.05, 0) is 31.5 Å². The van der Waals surface area contributed by atoms with Crippen molar-refractivity contribution in [3.63, 3.8) is 0 Å². The van der Waals surface area contributed by atoms with Crippen LogP contribution in [-0.2, 0) is 6.54 Å². The minimum Gasteiger partial charge on any atom is -0.311 e. The normalized spacial score (nSPS) is 11.2. The van der Waals surface area contributed by atoms with Gasteiger partial charge in [0.05, 0.1) is 22.6 Å². The Morgan fingerprint density at radius 3 is 2.79 bits per heavy atom. The first-order chi connectivity index (χ1) is 9.06. The fourth-order valence-corrected chi connectivity index (χ4v) is 1.87. The zero-order chi connectivity index (χ0) is 13.8. The van der Waals surface area contributed by atoms with E-state index in [1.54, 1.807) is 10.9 Å². The second-order valence-corrected chi connectivity index (χ2v) is 5.43. The van der Waals surface area contributed by atoms with Crippen LogP contribution in [0, 0.1) is 12.8 Å². The molecule has 0 saturated heterocycles. The van der Waals surface area contributed by atoms with Crippen molar-refractivity contribution < 1.29 is 0 Å². The Bertz CT molecular complexity index is 529. The van der Waals surface area contributed by atoms with E-state index in [-0.39, 0.29) is 0 Å². The molecule has 0 aliphatic rings. The zero-order valence-electron chi connectivity index (χ0n) is 11.5. The summed E-state index contributed by atoms with van der Waals surface area (Å²) in [7, 11) is 0. The Morgan fingerprint density at radius 1 is 1.37 bits per heavy atom. The molecule has 1 N–H and O–H groups in total. The van der Waals surface area contributed by atoms with Crippen molar-refractivity contribution in [2.75, 3.05) is 6.54 Å². The first kappa shape index (κ1) is 14.0. The SMILES string of the molecule is Cc1nn(-c2cccc(CNCC(C)C)n2)cc1Cl. The molecule has 2 heterocycles. The van der Waals surface area contributed by atoms with Crippen LogP contribution >= 0.6 is 11.6 Å². The lowest BCUT2D eigenvalue weighted by Gasteiger charge is -2.08. The van der Waals surface area contributed by atoms with Gasteiger partial charge in [-0.1, -0.05) is 31.5 Å². The van der Waals surface area contributed by atoms with Gasteiger partial charge in [0.2, 0.25) is 0 Å². The van der Waals surface area contributed by atoms with Crippen molar-refractivity contribution in [2.24, 2.45) is 5.92 Å². The fraction of sp³-hybridized carbons (Fsp3) is 0.429. The van der Waals surface area contributed by atoms with Crippen LogP contribution in [0.25, 0.3) is 5.82 Å². The summed E-state index contributed by atoms with van der Waals surface area (Å²) in [6.45, 7) is 8.00. The van der Waals surface area contributed by atoms with E-state index in [0.29, 0.717) is 10.9 Å². The number of rotatable bonds is 5. The number of halogens is 1. The molecule has 4 nitrogen and oxygen atoms in total. The van der Waals surface area contributed by atoms with E-state index in [0.717, 1.165) is 30.3 Å². The molecule has 0 aromatic carbocycles. The molecule has 0 atom stereocenters. The van der Waals surface area contributed by atoms with E-state index >= 15 is 0 Å². The zero-order valence-corrected chi connectivity index (χ0v) is 12.3. The standard InChI is InChI=1S/C14H19ClN4/c1-10(2)7-16-8-12-5-4-6-14(17-12)19-9-13(15)11(3)18-19/h4-6,9-10,16H,7-8H2,1-3H3. The summed E-state index contributed by atoms with van der Waals surface area (Å²) in [5.74, 6) is 1.43. The van der Waals surface area contributed by atoms with Crippen LogP contribution in [0.5, 0.6) is 0 Å². The molecule has 0 unspecified atom stereocenters. The van der Waals surface area contributed by atoms with Gasteiger partial charge >= 0.3 is 0 Å². The van der Waals surface area contributed by atoms with Gasteiger partial charge in [0.25, 0.3) is 0 Å². The third kappa shape index (κ3) is 3.78. The van der Waals surface area contributed by atoms with Crippen molar-refractivity contribution in [2.45, 2.75) is 27.3 Å². The highest BCUT2D eigenvalue weighted by molar-refractivity contribution is 6.31. The molecule has 2 rings (SSSR count).